The van der Waals surface area contributed by atoms with E-state index in [1.807, 2.05) is 47.4 Å². The Labute approximate surface area is 264 Å². The molecule has 0 atom stereocenters. The quantitative estimate of drug-likeness (QED) is 0.128. The Bertz CT molecular complexity index is 1870. The number of thiophene rings is 2. The molecule has 0 saturated heterocycles. The molecule has 6 heterocycles. The first kappa shape index (κ1) is 29.9. The van der Waals surface area contributed by atoms with Crippen molar-refractivity contribution in [3.8, 4) is 0 Å². The van der Waals surface area contributed by atoms with Gasteiger partial charge in [0.2, 0.25) is 0 Å². The normalized spacial score (nSPS) is 12.0. The Morgan fingerprint density at radius 2 is 1.18 bits per heavy atom. The summed E-state index contributed by atoms with van der Waals surface area (Å²) in [4.78, 5) is 27.4. The van der Waals surface area contributed by atoms with Gasteiger partial charge in [-0.1, -0.05) is 22.6 Å². The lowest BCUT2D eigenvalue weighted by Gasteiger charge is -2.01. The van der Waals surface area contributed by atoms with Crippen LogP contribution in [0.25, 0.3) is 0 Å². The van der Waals surface area contributed by atoms with Crippen LogP contribution in [0.5, 0.6) is 0 Å². The molecule has 45 heavy (non-hydrogen) atoms. The molecule has 0 saturated carbocycles. The minimum absolute atomic E-state index is 0.212. The van der Waals surface area contributed by atoms with Gasteiger partial charge in [0.25, 0.3) is 0 Å². The second-order valence-electron chi connectivity index (χ2n) is 10.1. The summed E-state index contributed by atoms with van der Waals surface area (Å²) in [5.41, 5.74) is 0.629. The number of hydrogen-bond donors (Lipinski definition) is 0. The number of unbranched alkanes of at least 4 members (excludes halogenated alkanes) is 2. The molecule has 0 aliphatic rings. The van der Waals surface area contributed by atoms with Gasteiger partial charge in [-0.3, -0.25) is 9.36 Å². The van der Waals surface area contributed by atoms with Crippen LogP contribution in [-0.2, 0) is 26.2 Å². The SMILES string of the molecule is Cc1nn(Cc2cn(CCCCCn3cc(Cn4nc(C)n(/N=C/c5cccs5)c4=O)nn3)nn2)c(=O)n1/N=C/c1cccs1. The largest absolute Gasteiger partial charge is 0.367 e. The molecule has 0 fully saturated rings. The summed E-state index contributed by atoms with van der Waals surface area (Å²) in [7, 11) is 0. The summed E-state index contributed by atoms with van der Waals surface area (Å²) >= 11 is 3.08. The zero-order valence-corrected chi connectivity index (χ0v) is 26.3. The van der Waals surface area contributed by atoms with E-state index < -0.39 is 0 Å². The van der Waals surface area contributed by atoms with Gasteiger partial charge in [0, 0.05) is 22.8 Å². The molecule has 0 unspecified atom stereocenters. The fourth-order valence-electron chi connectivity index (χ4n) is 4.52. The number of rotatable bonds is 14. The molecule has 0 amide bonds. The lowest BCUT2D eigenvalue weighted by atomic mass is 10.2. The van der Waals surface area contributed by atoms with E-state index >= 15 is 0 Å². The summed E-state index contributed by atoms with van der Waals surface area (Å²) in [5.74, 6) is 0.990. The highest BCUT2D eigenvalue weighted by atomic mass is 32.1. The average molecular weight is 647 g/mol. The molecular weight excluding hydrogens is 617 g/mol. The van der Waals surface area contributed by atoms with Gasteiger partial charge in [0.1, 0.15) is 11.4 Å². The van der Waals surface area contributed by atoms with Crippen LogP contribution in [0.4, 0.5) is 0 Å². The van der Waals surface area contributed by atoms with E-state index in [0.717, 1.165) is 29.0 Å². The standard InChI is InChI=1S/C27H30N14O2S2/c1-20-32-38(26(42)40(20)28-14-24-8-6-12-44-24)18-22-16-36(34-30-22)10-4-3-5-11-37-17-23(31-35-37)19-39-27(43)41(21(2)33-39)29-15-25-9-7-13-45-25/h6-9,12-17H,3-5,10-11,18-19H2,1-2H3/b28-14+,29-15+. The topological polar surface area (TPSA) is 166 Å². The molecule has 0 aliphatic heterocycles. The van der Waals surface area contributed by atoms with Crippen molar-refractivity contribution in [2.24, 2.45) is 10.2 Å². The first-order valence-electron chi connectivity index (χ1n) is 14.2. The van der Waals surface area contributed by atoms with Crippen LogP contribution in [0.2, 0.25) is 0 Å². The maximum Gasteiger partial charge on any atom is 0.367 e. The Hall–Kier alpha value is -5.10. The molecular formula is C27H30N14O2S2. The maximum atomic E-state index is 12.8. The second-order valence-corrected chi connectivity index (χ2v) is 12.1. The predicted molar refractivity (Wildman–Crippen MR) is 169 cm³/mol. The van der Waals surface area contributed by atoms with E-state index in [1.54, 1.807) is 58.3 Å². The van der Waals surface area contributed by atoms with Crippen molar-refractivity contribution < 1.29 is 0 Å². The van der Waals surface area contributed by atoms with E-state index in [1.165, 1.54) is 18.7 Å². The van der Waals surface area contributed by atoms with Crippen molar-refractivity contribution in [3.63, 3.8) is 0 Å². The number of aryl methyl sites for hydroxylation is 4. The van der Waals surface area contributed by atoms with E-state index in [-0.39, 0.29) is 24.5 Å². The summed E-state index contributed by atoms with van der Waals surface area (Å²) < 4.78 is 8.78. The molecule has 0 aromatic carbocycles. The molecule has 0 aliphatic carbocycles. The maximum absolute atomic E-state index is 12.8. The van der Waals surface area contributed by atoms with Crippen LogP contribution in [0.15, 0.2) is 67.2 Å². The Morgan fingerprint density at radius 1 is 0.711 bits per heavy atom. The van der Waals surface area contributed by atoms with Gasteiger partial charge in [-0.2, -0.15) is 29.8 Å². The summed E-state index contributed by atoms with van der Waals surface area (Å²) in [5, 5.41) is 37.9. The molecule has 0 bridgehead atoms. The molecule has 0 radical (unpaired) electrons. The van der Waals surface area contributed by atoms with Crippen molar-refractivity contribution in [2.75, 3.05) is 0 Å². The van der Waals surface area contributed by atoms with Crippen LogP contribution in [0.1, 0.15) is 52.1 Å². The summed E-state index contributed by atoms with van der Waals surface area (Å²) in [6.45, 7) is 5.30. The Kier molecular flexibility index (Phi) is 9.11. The zero-order valence-electron chi connectivity index (χ0n) is 24.6. The fraction of sp³-hybridized carbons (Fsp3) is 0.333. The Morgan fingerprint density at radius 3 is 1.60 bits per heavy atom. The fourth-order valence-corrected chi connectivity index (χ4v) is 5.68. The molecule has 6 aromatic heterocycles. The predicted octanol–water partition coefficient (Wildman–Crippen LogP) is 2.06. The molecule has 0 spiro atoms. The van der Waals surface area contributed by atoms with Crippen LogP contribution < -0.4 is 11.4 Å². The lowest BCUT2D eigenvalue weighted by molar-refractivity contribution is 0.489. The van der Waals surface area contributed by atoms with Gasteiger partial charge in [0.05, 0.1) is 37.9 Å². The molecule has 0 N–H and O–H groups in total. The number of aromatic nitrogens is 12. The van der Waals surface area contributed by atoms with Gasteiger partial charge < -0.3 is 0 Å². The van der Waals surface area contributed by atoms with Crippen LogP contribution >= 0.6 is 22.7 Å². The second kappa shape index (κ2) is 13.7. The summed E-state index contributed by atoms with van der Waals surface area (Å²) in [6, 6.07) is 7.71. The Balaban J connectivity index is 0.946. The third kappa shape index (κ3) is 7.35. The van der Waals surface area contributed by atoms with E-state index in [9.17, 15) is 9.59 Å². The number of nitrogens with zero attached hydrogens (tertiary/aromatic N) is 14. The molecule has 6 aromatic rings. The van der Waals surface area contributed by atoms with Crippen molar-refractivity contribution in [1.29, 1.82) is 0 Å². The van der Waals surface area contributed by atoms with Crippen molar-refractivity contribution in [2.45, 2.75) is 59.3 Å². The highest BCUT2D eigenvalue weighted by Crippen LogP contribution is 2.07. The summed E-state index contributed by atoms with van der Waals surface area (Å²) in [6.07, 6.45) is 9.69. The average Bonchev–Trinajstić information content (AvgIpc) is 3.87. The molecule has 6 rings (SSSR count). The number of hydrogen-bond acceptors (Lipinski definition) is 12. The minimum atomic E-state index is -0.332. The highest BCUT2D eigenvalue weighted by Gasteiger charge is 2.13. The zero-order chi connectivity index (χ0) is 31.2. The van der Waals surface area contributed by atoms with Gasteiger partial charge >= 0.3 is 11.4 Å². The smallest absolute Gasteiger partial charge is 0.252 e. The molecule has 18 heteroatoms. The van der Waals surface area contributed by atoms with E-state index in [2.05, 4.69) is 41.0 Å². The van der Waals surface area contributed by atoms with Crippen molar-refractivity contribution in [1.82, 2.24) is 58.9 Å². The van der Waals surface area contributed by atoms with Crippen LogP contribution in [0, 0.1) is 13.8 Å². The highest BCUT2D eigenvalue weighted by molar-refractivity contribution is 7.12. The van der Waals surface area contributed by atoms with Crippen molar-refractivity contribution in [3.05, 3.63) is 101 Å². The van der Waals surface area contributed by atoms with Gasteiger partial charge in [-0.05, 0) is 56.0 Å². The van der Waals surface area contributed by atoms with Crippen LogP contribution in [0.3, 0.4) is 0 Å². The van der Waals surface area contributed by atoms with E-state index in [0.29, 0.717) is 36.1 Å². The van der Waals surface area contributed by atoms with Crippen molar-refractivity contribution >= 4 is 35.1 Å². The van der Waals surface area contributed by atoms with Gasteiger partial charge in [0.15, 0.2) is 11.6 Å². The van der Waals surface area contributed by atoms with Gasteiger partial charge in [-0.25, -0.2) is 19.0 Å². The third-order valence-corrected chi connectivity index (χ3v) is 8.32. The molecule has 232 valence electrons. The van der Waals surface area contributed by atoms with Crippen LogP contribution in [-0.4, -0.2) is 71.3 Å². The van der Waals surface area contributed by atoms with Gasteiger partial charge in [-0.15, -0.1) is 32.9 Å². The van der Waals surface area contributed by atoms with E-state index in [4.69, 9.17) is 0 Å². The lowest BCUT2D eigenvalue weighted by Crippen LogP contribution is -2.23. The first-order valence-corrected chi connectivity index (χ1v) is 16.0. The minimum Gasteiger partial charge on any atom is -0.252 e. The first-order chi connectivity index (χ1) is 21.9. The molecule has 16 nitrogen and oxygen atoms in total. The monoisotopic (exact) mass is 646 g/mol. The third-order valence-electron chi connectivity index (χ3n) is 6.71.